The fourth-order valence-electron chi connectivity index (χ4n) is 4.12. The SMILES string of the molecule is NC1=NC[C@H](Cc2ccccc2)N1CCCCC1CCCCC1. The van der Waals surface area contributed by atoms with Crippen molar-refractivity contribution in [2.24, 2.45) is 16.6 Å². The molecule has 1 heterocycles. The van der Waals surface area contributed by atoms with Crippen LogP contribution in [0.25, 0.3) is 0 Å². The summed E-state index contributed by atoms with van der Waals surface area (Å²) in [6, 6.07) is 11.2. The van der Waals surface area contributed by atoms with E-state index in [1.807, 2.05) is 0 Å². The molecule has 0 unspecified atom stereocenters. The van der Waals surface area contributed by atoms with Crippen LogP contribution in [0.4, 0.5) is 0 Å². The van der Waals surface area contributed by atoms with Gasteiger partial charge in [-0.3, -0.25) is 4.99 Å². The van der Waals surface area contributed by atoms with Crippen molar-refractivity contribution in [2.75, 3.05) is 13.1 Å². The fraction of sp³-hybridized carbons (Fsp3) is 0.650. The van der Waals surface area contributed by atoms with Gasteiger partial charge in [0, 0.05) is 6.54 Å². The molecule has 3 rings (SSSR count). The van der Waals surface area contributed by atoms with Crippen molar-refractivity contribution in [3.63, 3.8) is 0 Å². The Hall–Kier alpha value is -1.51. The van der Waals surface area contributed by atoms with Crippen molar-refractivity contribution >= 4 is 5.96 Å². The Morgan fingerprint density at radius 1 is 1.04 bits per heavy atom. The molecule has 0 bridgehead atoms. The highest BCUT2D eigenvalue weighted by molar-refractivity contribution is 5.80. The molecule has 0 spiro atoms. The summed E-state index contributed by atoms with van der Waals surface area (Å²) >= 11 is 0. The Bertz CT molecular complexity index is 491. The largest absolute Gasteiger partial charge is 0.370 e. The van der Waals surface area contributed by atoms with Gasteiger partial charge < -0.3 is 10.6 Å². The van der Waals surface area contributed by atoms with E-state index in [2.05, 4.69) is 40.2 Å². The molecule has 1 fully saturated rings. The third-order valence-corrected chi connectivity index (χ3v) is 5.50. The Morgan fingerprint density at radius 3 is 2.61 bits per heavy atom. The van der Waals surface area contributed by atoms with Crippen LogP contribution in [0, 0.1) is 5.92 Å². The van der Waals surface area contributed by atoms with Crippen LogP contribution in [-0.4, -0.2) is 30.0 Å². The molecule has 3 heteroatoms. The zero-order valence-electron chi connectivity index (χ0n) is 14.3. The lowest BCUT2D eigenvalue weighted by molar-refractivity contribution is 0.302. The molecular formula is C20H31N3. The second-order valence-corrected chi connectivity index (χ2v) is 7.24. The second-order valence-electron chi connectivity index (χ2n) is 7.24. The van der Waals surface area contributed by atoms with E-state index in [9.17, 15) is 0 Å². The lowest BCUT2D eigenvalue weighted by atomic mass is 9.86. The average molecular weight is 313 g/mol. The van der Waals surface area contributed by atoms with Crippen molar-refractivity contribution in [2.45, 2.75) is 63.8 Å². The number of rotatable bonds is 7. The van der Waals surface area contributed by atoms with Gasteiger partial charge in [0.15, 0.2) is 5.96 Å². The molecule has 23 heavy (non-hydrogen) atoms. The Labute approximate surface area is 141 Å². The van der Waals surface area contributed by atoms with E-state index in [1.165, 1.54) is 56.9 Å². The van der Waals surface area contributed by atoms with Crippen LogP contribution < -0.4 is 5.73 Å². The first-order valence-corrected chi connectivity index (χ1v) is 9.43. The van der Waals surface area contributed by atoms with E-state index in [4.69, 9.17) is 5.73 Å². The number of guanidine groups is 1. The van der Waals surface area contributed by atoms with Crippen molar-refractivity contribution in [1.82, 2.24) is 4.90 Å². The Kier molecular flexibility index (Phi) is 5.95. The molecule has 126 valence electrons. The van der Waals surface area contributed by atoms with Crippen molar-refractivity contribution in [1.29, 1.82) is 0 Å². The molecular weight excluding hydrogens is 282 g/mol. The van der Waals surface area contributed by atoms with Crippen LogP contribution in [0.2, 0.25) is 0 Å². The second kappa shape index (κ2) is 8.37. The zero-order valence-corrected chi connectivity index (χ0v) is 14.3. The van der Waals surface area contributed by atoms with Crippen LogP contribution in [-0.2, 0) is 6.42 Å². The normalized spacial score (nSPS) is 22.3. The van der Waals surface area contributed by atoms with E-state index in [0.717, 1.165) is 31.4 Å². The quantitative estimate of drug-likeness (QED) is 0.774. The van der Waals surface area contributed by atoms with Crippen molar-refractivity contribution < 1.29 is 0 Å². The van der Waals surface area contributed by atoms with Crippen LogP contribution in [0.3, 0.4) is 0 Å². The summed E-state index contributed by atoms with van der Waals surface area (Å²) in [6.45, 7) is 1.92. The van der Waals surface area contributed by atoms with Gasteiger partial charge in [-0.15, -0.1) is 0 Å². The molecule has 1 aliphatic carbocycles. The molecule has 2 N–H and O–H groups in total. The summed E-state index contributed by atoms with van der Waals surface area (Å²) in [5, 5.41) is 0. The first kappa shape index (κ1) is 16.4. The van der Waals surface area contributed by atoms with Crippen molar-refractivity contribution in [3.8, 4) is 0 Å². The summed E-state index contributed by atoms with van der Waals surface area (Å²) in [4.78, 5) is 6.83. The minimum absolute atomic E-state index is 0.451. The Balaban J connectivity index is 1.42. The lowest BCUT2D eigenvalue weighted by Gasteiger charge is -2.27. The van der Waals surface area contributed by atoms with Gasteiger partial charge in [-0.05, 0) is 24.3 Å². The predicted octanol–water partition coefficient (Wildman–Crippen LogP) is 3.98. The van der Waals surface area contributed by atoms with E-state index in [1.54, 1.807) is 0 Å². The summed E-state index contributed by atoms with van der Waals surface area (Å²) in [5.41, 5.74) is 7.51. The van der Waals surface area contributed by atoms with E-state index >= 15 is 0 Å². The smallest absolute Gasteiger partial charge is 0.191 e. The number of nitrogens with zero attached hydrogens (tertiary/aromatic N) is 2. The number of unbranched alkanes of at least 4 members (excludes halogenated alkanes) is 1. The van der Waals surface area contributed by atoms with E-state index in [-0.39, 0.29) is 0 Å². The van der Waals surface area contributed by atoms with Crippen LogP contribution in [0.15, 0.2) is 35.3 Å². The van der Waals surface area contributed by atoms with Crippen LogP contribution in [0.5, 0.6) is 0 Å². The molecule has 0 radical (unpaired) electrons. The number of aliphatic imine (C=N–C) groups is 1. The minimum atomic E-state index is 0.451. The fourth-order valence-corrected chi connectivity index (χ4v) is 4.12. The third-order valence-electron chi connectivity index (χ3n) is 5.50. The summed E-state index contributed by atoms with van der Waals surface area (Å²) < 4.78 is 0. The van der Waals surface area contributed by atoms with E-state index < -0.39 is 0 Å². The maximum atomic E-state index is 6.12. The summed E-state index contributed by atoms with van der Waals surface area (Å²) in [6.07, 6.45) is 12.3. The highest BCUT2D eigenvalue weighted by atomic mass is 15.3. The maximum Gasteiger partial charge on any atom is 0.191 e. The van der Waals surface area contributed by atoms with Gasteiger partial charge >= 0.3 is 0 Å². The molecule has 1 atom stereocenters. The van der Waals surface area contributed by atoms with Gasteiger partial charge in [0.25, 0.3) is 0 Å². The summed E-state index contributed by atoms with van der Waals surface area (Å²) in [5.74, 6) is 1.75. The molecule has 1 saturated carbocycles. The molecule has 0 amide bonds. The van der Waals surface area contributed by atoms with Gasteiger partial charge in [0.05, 0.1) is 12.6 Å². The Morgan fingerprint density at radius 2 is 1.83 bits per heavy atom. The number of nitrogens with two attached hydrogens (primary N) is 1. The third kappa shape index (κ3) is 4.73. The summed E-state index contributed by atoms with van der Waals surface area (Å²) in [7, 11) is 0. The van der Waals surface area contributed by atoms with E-state index in [0.29, 0.717) is 6.04 Å². The average Bonchev–Trinajstić information content (AvgIpc) is 2.94. The van der Waals surface area contributed by atoms with Gasteiger partial charge in [-0.2, -0.15) is 0 Å². The molecule has 0 aromatic heterocycles. The zero-order chi connectivity index (χ0) is 15.9. The highest BCUT2D eigenvalue weighted by Gasteiger charge is 2.25. The van der Waals surface area contributed by atoms with Gasteiger partial charge in [0.1, 0.15) is 0 Å². The molecule has 2 aliphatic rings. The number of hydrogen-bond acceptors (Lipinski definition) is 3. The first-order valence-electron chi connectivity index (χ1n) is 9.43. The van der Waals surface area contributed by atoms with Gasteiger partial charge in [-0.25, -0.2) is 0 Å². The number of hydrogen-bond donors (Lipinski definition) is 1. The van der Waals surface area contributed by atoms with Gasteiger partial charge in [-0.1, -0.05) is 75.3 Å². The molecule has 1 aromatic carbocycles. The van der Waals surface area contributed by atoms with Crippen LogP contribution in [0.1, 0.15) is 56.9 Å². The van der Waals surface area contributed by atoms with Gasteiger partial charge in [0.2, 0.25) is 0 Å². The molecule has 0 saturated heterocycles. The topological polar surface area (TPSA) is 41.6 Å². The van der Waals surface area contributed by atoms with Crippen LogP contribution >= 0.6 is 0 Å². The lowest BCUT2D eigenvalue weighted by Crippen LogP contribution is -2.42. The maximum absolute atomic E-state index is 6.12. The monoisotopic (exact) mass is 313 g/mol. The van der Waals surface area contributed by atoms with Crippen molar-refractivity contribution in [3.05, 3.63) is 35.9 Å². The number of benzene rings is 1. The predicted molar refractivity (Wildman–Crippen MR) is 97.6 cm³/mol. The standard InChI is InChI=1S/C20H31N3/c21-20-22-16-19(15-18-12-5-2-6-13-18)23(20)14-8-7-11-17-9-3-1-4-10-17/h2,5-6,12-13,17,19H,1,3-4,7-11,14-16H2,(H2,21,22)/t19-/m0/s1. The highest BCUT2D eigenvalue weighted by Crippen LogP contribution is 2.28. The first-order chi connectivity index (χ1) is 11.3. The minimum Gasteiger partial charge on any atom is -0.370 e. The molecule has 1 aliphatic heterocycles. The molecule has 3 nitrogen and oxygen atoms in total. The molecule has 1 aromatic rings.